The van der Waals surface area contributed by atoms with Crippen molar-refractivity contribution in [1.29, 1.82) is 0 Å². The lowest BCUT2D eigenvalue weighted by Gasteiger charge is -2.37. The van der Waals surface area contributed by atoms with Crippen LogP contribution >= 0.6 is 0 Å². The van der Waals surface area contributed by atoms with Gasteiger partial charge in [-0.1, -0.05) is 25.0 Å². The van der Waals surface area contributed by atoms with E-state index in [-0.39, 0.29) is 6.10 Å². The zero-order chi connectivity index (χ0) is 11.3. The van der Waals surface area contributed by atoms with Gasteiger partial charge in [0.05, 0.1) is 6.10 Å². The van der Waals surface area contributed by atoms with Crippen molar-refractivity contribution in [3.8, 4) is 0 Å². The first-order valence-electron chi connectivity index (χ1n) is 6.20. The third-order valence-corrected chi connectivity index (χ3v) is 3.26. The highest BCUT2D eigenvalue weighted by Crippen LogP contribution is 2.21. The van der Waals surface area contributed by atoms with Gasteiger partial charge >= 0.3 is 0 Å². The van der Waals surface area contributed by atoms with Gasteiger partial charge in [-0.3, -0.25) is 4.90 Å². The summed E-state index contributed by atoms with van der Waals surface area (Å²) in [6.45, 7) is 8.48. The molecule has 1 heterocycles. The largest absolute Gasteiger partial charge is 0.392 e. The first-order valence-corrected chi connectivity index (χ1v) is 6.20. The quantitative estimate of drug-likeness (QED) is 0.722. The maximum Gasteiger partial charge on any atom is 0.0692 e. The van der Waals surface area contributed by atoms with Crippen LogP contribution in [0.4, 0.5) is 0 Å². The van der Waals surface area contributed by atoms with Gasteiger partial charge in [0.2, 0.25) is 0 Å². The highest BCUT2D eigenvalue weighted by molar-refractivity contribution is 4.97. The van der Waals surface area contributed by atoms with Crippen molar-refractivity contribution >= 4 is 0 Å². The number of nitrogens with zero attached hydrogens (tertiary/aromatic N) is 1. The van der Waals surface area contributed by atoms with Gasteiger partial charge in [-0.25, -0.2) is 0 Å². The lowest BCUT2D eigenvalue weighted by Crippen LogP contribution is -2.46. The summed E-state index contributed by atoms with van der Waals surface area (Å²) >= 11 is 0. The topological polar surface area (TPSA) is 23.5 Å². The van der Waals surface area contributed by atoms with Gasteiger partial charge in [-0.15, -0.1) is 0 Å². The predicted octanol–water partition coefficient (Wildman–Crippen LogP) is 2.58. The minimum atomic E-state index is -0.143. The fourth-order valence-corrected chi connectivity index (χ4v) is 2.25. The van der Waals surface area contributed by atoms with Crippen LogP contribution in [0.15, 0.2) is 11.6 Å². The zero-order valence-corrected chi connectivity index (χ0v) is 10.4. The van der Waals surface area contributed by atoms with E-state index >= 15 is 0 Å². The van der Waals surface area contributed by atoms with Gasteiger partial charge in [-0.2, -0.15) is 0 Å². The molecule has 0 aromatic carbocycles. The molecule has 0 saturated carbocycles. The average Bonchev–Trinajstić information content (AvgIpc) is 2.25. The van der Waals surface area contributed by atoms with Crippen molar-refractivity contribution in [1.82, 2.24) is 4.90 Å². The normalized spacial score (nSPS) is 24.9. The molecule has 0 aliphatic carbocycles. The SMILES string of the molecule is CCC(O)C1CCCCN1CC=C(C)C. The maximum absolute atomic E-state index is 9.96. The Morgan fingerprint density at radius 1 is 1.47 bits per heavy atom. The van der Waals surface area contributed by atoms with Gasteiger partial charge in [0.1, 0.15) is 0 Å². The molecule has 2 unspecified atom stereocenters. The van der Waals surface area contributed by atoms with E-state index in [1.54, 1.807) is 0 Å². The molecule has 0 spiro atoms. The van der Waals surface area contributed by atoms with E-state index in [2.05, 4.69) is 31.7 Å². The highest BCUT2D eigenvalue weighted by Gasteiger charge is 2.26. The van der Waals surface area contributed by atoms with Crippen LogP contribution in [0.25, 0.3) is 0 Å². The van der Waals surface area contributed by atoms with Crippen molar-refractivity contribution in [2.24, 2.45) is 0 Å². The molecule has 1 rings (SSSR count). The molecule has 1 aliphatic rings. The summed E-state index contributed by atoms with van der Waals surface area (Å²) in [6, 6.07) is 0.388. The average molecular weight is 211 g/mol. The second-order valence-corrected chi connectivity index (χ2v) is 4.82. The zero-order valence-electron chi connectivity index (χ0n) is 10.4. The van der Waals surface area contributed by atoms with E-state index in [1.807, 2.05) is 0 Å². The predicted molar refractivity (Wildman–Crippen MR) is 64.9 cm³/mol. The van der Waals surface area contributed by atoms with E-state index in [0.717, 1.165) is 25.9 Å². The molecule has 1 N–H and O–H groups in total. The summed E-state index contributed by atoms with van der Waals surface area (Å²) < 4.78 is 0. The fraction of sp³-hybridized carbons (Fsp3) is 0.846. The summed E-state index contributed by atoms with van der Waals surface area (Å²) in [7, 11) is 0. The summed E-state index contributed by atoms with van der Waals surface area (Å²) in [5.74, 6) is 0. The van der Waals surface area contributed by atoms with E-state index < -0.39 is 0 Å². The Kier molecular flexibility index (Phi) is 5.34. The van der Waals surface area contributed by atoms with E-state index in [0.29, 0.717) is 6.04 Å². The number of hydrogen-bond acceptors (Lipinski definition) is 2. The monoisotopic (exact) mass is 211 g/mol. The molecule has 1 saturated heterocycles. The van der Waals surface area contributed by atoms with Crippen LogP contribution in [0.3, 0.4) is 0 Å². The van der Waals surface area contributed by atoms with Gasteiger partial charge in [0.15, 0.2) is 0 Å². The number of aliphatic hydroxyl groups is 1. The number of likely N-dealkylation sites (tertiary alicyclic amines) is 1. The molecule has 2 atom stereocenters. The van der Waals surface area contributed by atoms with Gasteiger partial charge in [0.25, 0.3) is 0 Å². The van der Waals surface area contributed by atoms with Crippen LogP contribution in [-0.2, 0) is 0 Å². The molecular weight excluding hydrogens is 186 g/mol. The van der Waals surface area contributed by atoms with Crippen molar-refractivity contribution in [3.05, 3.63) is 11.6 Å². The van der Waals surface area contributed by atoms with Crippen molar-refractivity contribution in [3.63, 3.8) is 0 Å². The molecule has 15 heavy (non-hydrogen) atoms. The molecule has 0 amide bonds. The molecule has 0 aromatic heterocycles. The van der Waals surface area contributed by atoms with Crippen LogP contribution in [0.1, 0.15) is 46.5 Å². The third kappa shape index (κ3) is 3.96. The van der Waals surface area contributed by atoms with Crippen LogP contribution in [0.2, 0.25) is 0 Å². The minimum Gasteiger partial charge on any atom is -0.392 e. The Hall–Kier alpha value is -0.340. The number of allylic oxidation sites excluding steroid dienone is 1. The number of aliphatic hydroxyl groups excluding tert-OH is 1. The summed E-state index contributed by atoms with van der Waals surface area (Å²) in [6.07, 6.45) is 6.70. The Balaban J connectivity index is 2.53. The smallest absolute Gasteiger partial charge is 0.0692 e. The molecule has 2 heteroatoms. The highest BCUT2D eigenvalue weighted by atomic mass is 16.3. The first-order chi connectivity index (χ1) is 7.15. The second kappa shape index (κ2) is 6.29. The lowest BCUT2D eigenvalue weighted by molar-refractivity contribution is 0.0305. The number of rotatable bonds is 4. The molecule has 0 radical (unpaired) electrons. The third-order valence-electron chi connectivity index (χ3n) is 3.26. The molecule has 1 aliphatic heterocycles. The Morgan fingerprint density at radius 3 is 2.80 bits per heavy atom. The second-order valence-electron chi connectivity index (χ2n) is 4.82. The van der Waals surface area contributed by atoms with Gasteiger partial charge in [0, 0.05) is 12.6 Å². The lowest BCUT2D eigenvalue weighted by atomic mass is 9.96. The molecule has 1 fully saturated rings. The van der Waals surface area contributed by atoms with E-state index in [1.165, 1.54) is 18.4 Å². The Morgan fingerprint density at radius 2 is 2.20 bits per heavy atom. The van der Waals surface area contributed by atoms with Crippen molar-refractivity contribution in [2.45, 2.75) is 58.6 Å². The summed E-state index contributed by atoms with van der Waals surface area (Å²) in [5.41, 5.74) is 1.37. The first kappa shape index (κ1) is 12.7. The summed E-state index contributed by atoms with van der Waals surface area (Å²) in [4.78, 5) is 2.44. The minimum absolute atomic E-state index is 0.143. The van der Waals surface area contributed by atoms with Crippen molar-refractivity contribution < 1.29 is 5.11 Å². The van der Waals surface area contributed by atoms with Gasteiger partial charge in [-0.05, 0) is 39.7 Å². The Bertz CT molecular complexity index is 209. The van der Waals surface area contributed by atoms with Crippen LogP contribution in [0.5, 0.6) is 0 Å². The summed E-state index contributed by atoms with van der Waals surface area (Å²) in [5, 5.41) is 9.96. The number of piperidine rings is 1. The number of hydrogen-bond donors (Lipinski definition) is 1. The maximum atomic E-state index is 9.96. The van der Waals surface area contributed by atoms with Crippen molar-refractivity contribution in [2.75, 3.05) is 13.1 Å². The molecule has 2 nitrogen and oxygen atoms in total. The Labute approximate surface area is 94.0 Å². The van der Waals surface area contributed by atoms with Crippen LogP contribution < -0.4 is 0 Å². The van der Waals surface area contributed by atoms with E-state index in [4.69, 9.17) is 0 Å². The standard InChI is InChI=1S/C13H25NO/c1-4-13(15)12-7-5-6-9-14(12)10-8-11(2)3/h8,12-13,15H,4-7,9-10H2,1-3H3. The van der Waals surface area contributed by atoms with Gasteiger partial charge < -0.3 is 5.11 Å². The van der Waals surface area contributed by atoms with Crippen LogP contribution in [-0.4, -0.2) is 35.2 Å². The van der Waals surface area contributed by atoms with Crippen LogP contribution in [0, 0.1) is 0 Å². The van der Waals surface area contributed by atoms with E-state index in [9.17, 15) is 5.11 Å². The fourth-order valence-electron chi connectivity index (χ4n) is 2.25. The molecule has 88 valence electrons. The molecule has 0 bridgehead atoms. The molecule has 0 aromatic rings. The molecular formula is C13H25NO.